The molecule has 0 amide bonds. The van der Waals surface area contributed by atoms with Gasteiger partial charge in [-0.15, -0.1) is 0 Å². The Morgan fingerprint density at radius 3 is 1.92 bits per heavy atom. The normalized spacial score (nSPS) is 12.1. The Labute approximate surface area is 152 Å². The number of aryl methyl sites for hydroxylation is 2. The summed E-state index contributed by atoms with van der Waals surface area (Å²) in [6, 6.07) is 4.12. The number of amidine groups is 1. The highest BCUT2D eigenvalue weighted by atomic mass is 32.1. The second-order valence-corrected chi connectivity index (χ2v) is 6.31. The quantitative estimate of drug-likeness (QED) is 0.280. The Bertz CT molecular complexity index is 636. The van der Waals surface area contributed by atoms with Crippen LogP contribution in [0.15, 0.2) is 22.1 Å². The summed E-state index contributed by atoms with van der Waals surface area (Å²) in [5, 5.41) is 2.68. The number of nitrogens with zero attached hydrogens (tertiary/aromatic N) is 2. The average molecular weight is 366 g/mol. The lowest BCUT2D eigenvalue weighted by molar-refractivity contribution is 0.987. The number of hydrogen-bond acceptors (Lipinski definition) is 4. The fourth-order valence-electron chi connectivity index (χ4n) is 2.03. The molecule has 0 aliphatic heterocycles. The second kappa shape index (κ2) is 9.14. The van der Waals surface area contributed by atoms with Crippen LogP contribution >= 0.6 is 24.4 Å². The van der Waals surface area contributed by atoms with Crippen LogP contribution < -0.4 is 28.3 Å². The van der Waals surface area contributed by atoms with Crippen LogP contribution in [-0.2, 0) is 13.1 Å². The molecule has 0 aliphatic carbocycles. The number of aliphatic imine (C=N–C) groups is 2. The van der Waals surface area contributed by atoms with Crippen molar-refractivity contribution in [1.29, 1.82) is 0 Å². The number of nitrogens with two attached hydrogens (primary N) is 4. The van der Waals surface area contributed by atoms with E-state index in [1.807, 2.05) is 13.8 Å². The van der Waals surface area contributed by atoms with Crippen LogP contribution in [0.25, 0.3) is 0 Å². The van der Waals surface area contributed by atoms with Gasteiger partial charge in [-0.1, -0.05) is 24.4 Å². The van der Waals surface area contributed by atoms with E-state index < -0.39 is 0 Å². The molecule has 24 heavy (non-hydrogen) atoms. The molecule has 1 aromatic rings. The van der Waals surface area contributed by atoms with Crippen molar-refractivity contribution in [2.75, 3.05) is 0 Å². The molecule has 0 bridgehead atoms. The van der Waals surface area contributed by atoms with E-state index in [1.165, 1.54) is 0 Å². The van der Waals surface area contributed by atoms with Gasteiger partial charge in [0.2, 0.25) is 0 Å². The van der Waals surface area contributed by atoms with E-state index in [4.69, 9.17) is 47.4 Å². The Kier molecular flexibility index (Phi) is 7.53. The third-order valence-corrected chi connectivity index (χ3v) is 3.52. The van der Waals surface area contributed by atoms with Crippen LogP contribution in [-0.4, -0.2) is 21.9 Å². The molecule has 0 aliphatic rings. The number of guanidine groups is 1. The maximum atomic E-state index is 5.78. The van der Waals surface area contributed by atoms with Gasteiger partial charge in [0.15, 0.2) is 11.1 Å². The number of benzene rings is 1. The van der Waals surface area contributed by atoms with E-state index in [0.717, 1.165) is 22.3 Å². The van der Waals surface area contributed by atoms with E-state index in [2.05, 4.69) is 27.4 Å². The number of hydrogen-bond donors (Lipinski definition) is 5. The molecule has 9 N–H and O–H groups in total. The lowest BCUT2D eigenvalue weighted by Crippen LogP contribution is -2.40. The Morgan fingerprint density at radius 2 is 1.46 bits per heavy atom. The lowest BCUT2D eigenvalue weighted by Gasteiger charge is -2.11. The first-order valence-electron chi connectivity index (χ1n) is 7.21. The van der Waals surface area contributed by atoms with Crippen LogP contribution in [0.4, 0.5) is 0 Å². The number of nitrogens with one attached hydrogen (secondary N) is 1. The van der Waals surface area contributed by atoms with Crippen molar-refractivity contribution < 1.29 is 0 Å². The molecule has 0 radical (unpaired) electrons. The zero-order valence-electron chi connectivity index (χ0n) is 13.8. The van der Waals surface area contributed by atoms with Crippen LogP contribution in [0.5, 0.6) is 0 Å². The van der Waals surface area contributed by atoms with Crippen LogP contribution in [0.1, 0.15) is 28.7 Å². The SMILES string of the molecule is Cc1cc(CN=C(N)NC(N)=S)c(C)cc1CN=C(N)CC(N)=S. The Balaban J connectivity index is 2.86. The second-order valence-electron chi connectivity index (χ2n) is 5.35. The molecule has 9 heteroatoms. The molecule has 0 aromatic heterocycles. The molecule has 0 heterocycles. The molecule has 0 unspecified atom stereocenters. The summed E-state index contributed by atoms with van der Waals surface area (Å²) in [6.07, 6.45) is 0.329. The summed E-state index contributed by atoms with van der Waals surface area (Å²) in [5.74, 6) is 0.628. The van der Waals surface area contributed by atoms with E-state index in [9.17, 15) is 0 Å². The molecule has 0 saturated carbocycles. The minimum atomic E-state index is 0.0897. The molecule has 1 aromatic carbocycles. The molecule has 0 spiro atoms. The van der Waals surface area contributed by atoms with Gasteiger partial charge in [0, 0.05) is 0 Å². The molecule has 1 rings (SSSR count). The van der Waals surface area contributed by atoms with Crippen molar-refractivity contribution in [3.05, 3.63) is 34.4 Å². The van der Waals surface area contributed by atoms with Gasteiger partial charge < -0.3 is 28.3 Å². The standard InChI is InChI=1S/C15H23N7S2/c1-8-4-11(7-21-14(18)22-15(19)24)9(2)3-10(8)6-20-12(16)5-13(17)23/h3-4H,5-7H2,1-2H3,(H2,16,20)(H2,17,23)(H5,18,19,21,22,24). The highest BCUT2D eigenvalue weighted by Gasteiger charge is 2.05. The topological polar surface area (TPSA) is 141 Å². The highest BCUT2D eigenvalue weighted by Crippen LogP contribution is 2.18. The molecule has 7 nitrogen and oxygen atoms in total. The predicted octanol–water partition coefficient (Wildman–Crippen LogP) is 0.485. The van der Waals surface area contributed by atoms with Crippen LogP contribution in [0, 0.1) is 13.8 Å². The maximum absolute atomic E-state index is 5.78. The van der Waals surface area contributed by atoms with Crippen molar-refractivity contribution >= 4 is 46.3 Å². The minimum absolute atomic E-state index is 0.0897. The summed E-state index contributed by atoms with van der Waals surface area (Å²) in [4.78, 5) is 8.86. The maximum Gasteiger partial charge on any atom is 0.195 e. The highest BCUT2D eigenvalue weighted by molar-refractivity contribution is 7.80. The van der Waals surface area contributed by atoms with Crippen LogP contribution in [0.3, 0.4) is 0 Å². The predicted molar refractivity (Wildman–Crippen MR) is 108 cm³/mol. The molecular formula is C15H23N7S2. The smallest absolute Gasteiger partial charge is 0.195 e. The fourth-order valence-corrected chi connectivity index (χ4v) is 2.29. The minimum Gasteiger partial charge on any atom is -0.393 e. The number of thiocarbonyl (C=S) groups is 2. The van der Waals surface area contributed by atoms with E-state index in [0.29, 0.717) is 30.3 Å². The third-order valence-electron chi connectivity index (χ3n) is 3.27. The third kappa shape index (κ3) is 6.88. The summed E-state index contributed by atoms with van der Waals surface area (Å²) in [6.45, 7) is 4.93. The van der Waals surface area contributed by atoms with Crippen LogP contribution in [0.2, 0.25) is 0 Å². The van der Waals surface area contributed by atoms with Crippen molar-refractivity contribution in [1.82, 2.24) is 5.32 Å². The first-order chi connectivity index (χ1) is 11.2. The Hall–Kier alpha value is -2.26. The van der Waals surface area contributed by atoms with Gasteiger partial charge in [-0.05, 0) is 48.3 Å². The van der Waals surface area contributed by atoms with Gasteiger partial charge in [0.25, 0.3) is 0 Å². The van der Waals surface area contributed by atoms with Gasteiger partial charge >= 0.3 is 0 Å². The molecule has 0 fully saturated rings. The van der Waals surface area contributed by atoms with Gasteiger partial charge in [-0.3, -0.25) is 4.99 Å². The summed E-state index contributed by atoms with van der Waals surface area (Å²) in [7, 11) is 0. The van der Waals surface area contributed by atoms with Crippen molar-refractivity contribution in [3.63, 3.8) is 0 Å². The van der Waals surface area contributed by atoms with E-state index in [-0.39, 0.29) is 11.1 Å². The average Bonchev–Trinajstić information content (AvgIpc) is 2.44. The summed E-state index contributed by atoms with van der Waals surface area (Å²) in [5.41, 5.74) is 26.6. The van der Waals surface area contributed by atoms with Crippen molar-refractivity contribution in [3.8, 4) is 0 Å². The van der Waals surface area contributed by atoms with Gasteiger partial charge in [-0.25, -0.2) is 4.99 Å². The zero-order chi connectivity index (χ0) is 18.3. The zero-order valence-corrected chi connectivity index (χ0v) is 15.4. The first kappa shape index (κ1) is 19.8. The summed E-state index contributed by atoms with van der Waals surface area (Å²) >= 11 is 9.53. The van der Waals surface area contributed by atoms with E-state index in [1.54, 1.807) is 0 Å². The molecule has 0 atom stereocenters. The molecule has 130 valence electrons. The van der Waals surface area contributed by atoms with Gasteiger partial charge in [-0.2, -0.15) is 0 Å². The van der Waals surface area contributed by atoms with Gasteiger partial charge in [0.1, 0.15) is 5.84 Å². The number of rotatable bonds is 6. The van der Waals surface area contributed by atoms with E-state index >= 15 is 0 Å². The largest absolute Gasteiger partial charge is 0.393 e. The van der Waals surface area contributed by atoms with Crippen molar-refractivity contribution in [2.45, 2.75) is 33.4 Å². The lowest BCUT2D eigenvalue weighted by atomic mass is 10.00. The fraction of sp³-hybridized carbons (Fsp3) is 0.333. The Morgan fingerprint density at radius 1 is 0.958 bits per heavy atom. The summed E-state index contributed by atoms with van der Waals surface area (Å²) < 4.78 is 0. The van der Waals surface area contributed by atoms with Gasteiger partial charge in [0.05, 0.1) is 24.5 Å². The molecule has 0 saturated heterocycles. The first-order valence-corrected chi connectivity index (χ1v) is 8.03. The monoisotopic (exact) mass is 365 g/mol. The molecular weight excluding hydrogens is 342 g/mol. The van der Waals surface area contributed by atoms with Crippen molar-refractivity contribution in [2.24, 2.45) is 32.9 Å².